The van der Waals surface area contributed by atoms with E-state index in [0.717, 1.165) is 43.6 Å². The summed E-state index contributed by atoms with van der Waals surface area (Å²) in [6, 6.07) is 5.37. The topological polar surface area (TPSA) is 44.4 Å². The molecule has 0 atom stereocenters. The zero-order chi connectivity index (χ0) is 14.4. The third kappa shape index (κ3) is 4.45. The number of benzene rings is 1. The molecule has 1 heterocycles. The Kier molecular flexibility index (Phi) is 6.29. The van der Waals surface area contributed by atoms with Crippen LogP contribution in [0.15, 0.2) is 22.7 Å². The first-order valence-electron chi connectivity index (χ1n) is 6.84. The Bertz CT molecular complexity index is 464. The van der Waals surface area contributed by atoms with Crippen LogP contribution in [0, 0.1) is 0 Å². The number of hydrogen-bond acceptors (Lipinski definition) is 3. The molecule has 1 aliphatic rings. The fourth-order valence-corrected chi connectivity index (χ4v) is 2.79. The first-order chi connectivity index (χ1) is 9.68. The fraction of sp³-hybridized carbons (Fsp3) is 0.500. The van der Waals surface area contributed by atoms with Crippen LogP contribution >= 0.6 is 27.5 Å². The van der Waals surface area contributed by atoms with E-state index in [1.165, 1.54) is 0 Å². The number of carbonyl (C=O) groups excluding carboxylic acids is 1. The molecule has 0 unspecified atom stereocenters. The van der Waals surface area contributed by atoms with E-state index in [9.17, 15) is 4.79 Å². The average Bonchev–Trinajstić information content (AvgIpc) is 2.47. The number of carbonyl (C=O) groups is 1. The van der Waals surface area contributed by atoms with Crippen LogP contribution in [0.25, 0.3) is 0 Å². The van der Waals surface area contributed by atoms with Gasteiger partial charge in [0.1, 0.15) is 0 Å². The predicted octanol–water partition coefficient (Wildman–Crippen LogP) is 2.13. The summed E-state index contributed by atoms with van der Waals surface area (Å²) in [5.74, 6) is -0.114. The van der Waals surface area contributed by atoms with E-state index < -0.39 is 0 Å². The van der Waals surface area contributed by atoms with E-state index >= 15 is 0 Å². The third-order valence-corrected chi connectivity index (χ3v) is 4.64. The van der Waals surface area contributed by atoms with Gasteiger partial charge in [0.2, 0.25) is 0 Å². The minimum atomic E-state index is -0.114. The Balaban J connectivity index is 1.73. The van der Waals surface area contributed by atoms with Gasteiger partial charge in [-0.05, 0) is 41.0 Å². The van der Waals surface area contributed by atoms with Gasteiger partial charge >= 0.3 is 0 Å². The summed E-state index contributed by atoms with van der Waals surface area (Å²) >= 11 is 9.42. The highest BCUT2D eigenvalue weighted by Crippen LogP contribution is 2.25. The maximum atomic E-state index is 12.0. The maximum Gasteiger partial charge on any atom is 0.252 e. The summed E-state index contributed by atoms with van der Waals surface area (Å²) in [4.78, 5) is 14.4. The maximum absolute atomic E-state index is 12.0. The number of halogens is 2. The minimum Gasteiger partial charge on any atom is -0.352 e. The molecule has 0 bridgehead atoms. The fourth-order valence-electron chi connectivity index (χ4n) is 2.21. The van der Waals surface area contributed by atoms with Gasteiger partial charge in [-0.1, -0.05) is 17.7 Å². The molecule has 0 saturated carbocycles. The van der Waals surface area contributed by atoms with E-state index in [1.54, 1.807) is 6.07 Å². The van der Waals surface area contributed by atoms with E-state index in [0.29, 0.717) is 17.1 Å². The highest BCUT2D eigenvalue weighted by Gasteiger charge is 2.12. The van der Waals surface area contributed by atoms with Crippen molar-refractivity contribution in [1.29, 1.82) is 0 Å². The highest BCUT2D eigenvalue weighted by atomic mass is 79.9. The van der Waals surface area contributed by atoms with Crippen molar-refractivity contribution in [1.82, 2.24) is 15.5 Å². The van der Waals surface area contributed by atoms with E-state index in [2.05, 4.69) is 31.5 Å². The zero-order valence-electron chi connectivity index (χ0n) is 11.3. The molecule has 20 heavy (non-hydrogen) atoms. The Morgan fingerprint density at radius 2 is 2.15 bits per heavy atom. The van der Waals surface area contributed by atoms with Crippen LogP contribution in [0.5, 0.6) is 0 Å². The predicted molar refractivity (Wildman–Crippen MR) is 85.4 cm³/mol. The quantitative estimate of drug-likeness (QED) is 0.791. The van der Waals surface area contributed by atoms with Crippen molar-refractivity contribution < 1.29 is 4.79 Å². The van der Waals surface area contributed by atoms with Crippen LogP contribution in [0.4, 0.5) is 0 Å². The summed E-state index contributed by atoms with van der Waals surface area (Å²) in [5, 5.41) is 6.71. The lowest BCUT2D eigenvalue weighted by Crippen LogP contribution is -2.44. The Labute approximate surface area is 133 Å². The van der Waals surface area contributed by atoms with Crippen LogP contribution < -0.4 is 10.6 Å². The Hall–Kier alpha value is -0.620. The molecule has 1 fully saturated rings. The molecule has 0 radical (unpaired) electrons. The second-order valence-electron chi connectivity index (χ2n) is 4.80. The van der Waals surface area contributed by atoms with Crippen LogP contribution in [-0.4, -0.2) is 50.1 Å². The molecule has 1 aromatic rings. The third-order valence-electron chi connectivity index (χ3n) is 3.34. The molecular weight excluding hydrogens is 342 g/mol. The normalized spacial score (nSPS) is 16.1. The van der Waals surface area contributed by atoms with Crippen LogP contribution in [-0.2, 0) is 0 Å². The Morgan fingerprint density at radius 3 is 2.90 bits per heavy atom. The van der Waals surface area contributed by atoms with E-state index in [-0.39, 0.29) is 5.91 Å². The number of amides is 1. The van der Waals surface area contributed by atoms with Crippen molar-refractivity contribution in [2.45, 2.75) is 6.42 Å². The molecular formula is C14H19BrClN3O. The van der Waals surface area contributed by atoms with Gasteiger partial charge in [-0.3, -0.25) is 4.79 Å². The SMILES string of the molecule is O=C(NCCCN1CCNCC1)c1cccc(Br)c1Cl. The second kappa shape index (κ2) is 7.98. The molecule has 2 N–H and O–H groups in total. The summed E-state index contributed by atoms with van der Waals surface area (Å²) in [6.07, 6.45) is 0.956. The van der Waals surface area contributed by atoms with Crippen molar-refractivity contribution in [3.05, 3.63) is 33.3 Å². The van der Waals surface area contributed by atoms with Gasteiger partial charge in [0.05, 0.1) is 10.6 Å². The summed E-state index contributed by atoms with van der Waals surface area (Å²) in [5.41, 5.74) is 0.517. The molecule has 6 heteroatoms. The van der Waals surface area contributed by atoms with Gasteiger partial charge in [0, 0.05) is 37.2 Å². The highest BCUT2D eigenvalue weighted by molar-refractivity contribution is 9.10. The molecule has 1 amide bonds. The van der Waals surface area contributed by atoms with Gasteiger partial charge in [0.15, 0.2) is 0 Å². The first-order valence-corrected chi connectivity index (χ1v) is 8.01. The summed E-state index contributed by atoms with van der Waals surface area (Å²) in [7, 11) is 0. The van der Waals surface area contributed by atoms with Gasteiger partial charge in [-0.2, -0.15) is 0 Å². The van der Waals surface area contributed by atoms with Crippen molar-refractivity contribution in [2.75, 3.05) is 39.3 Å². The van der Waals surface area contributed by atoms with Gasteiger partial charge in [0.25, 0.3) is 5.91 Å². The lowest BCUT2D eigenvalue weighted by molar-refractivity contribution is 0.0951. The molecule has 1 aliphatic heterocycles. The van der Waals surface area contributed by atoms with Crippen molar-refractivity contribution in [2.24, 2.45) is 0 Å². The number of nitrogens with zero attached hydrogens (tertiary/aromatic N) is 1. The second-order valence-corrected chi connectivity index (χ2v) is 6.03. The number of hydrogen-bond donors (Lipinski definition) is 2. The van der Waals surface area contributed by atoms with E-state index in [1.807, 2.05) is 12.1 Å². The molecule has 0 spiro atoms. The molecule has 0 aliphatic carbocycles. The molecule has 0 aromatic heterocycles. The van der Waals surface area contributed by atoms with Crippen LogP contribution in [0.1, 0.15) is 16.8 Å². The smallest absolute Gasteiger partial charge is 0.252 e. The van der Waals surface area contributed by atoms with E-state index in [4.69, 9.17) is 11.6 Å². The van der Waals surface area contributed by atoms with Crippen molar-refractivity contribution >= 4 is 33.4 Å². The number of piperazine rings is 1. The largest absolute Gasteiger partial charge is 0.352 e. The lowest BCUT2D eigenvalue weighted by atomic mass is 10.2. The van der Waals surface area contributed by atoms with Crippen LogP contribution in [0.2, 0.25) is 5.02 Å². The monoisotopic (exact) mass is 359 g/mol. The molecule has 2 rings (SSSR count). The molecule has 110 valence electrons. The minimum absolute atomic E-state index is 0.114. The van der Waals surface area contributed by atoms with Crippen molar-refractivity contribution in [3.8, 4) is 0 Å². The molecule has 1 saturated heterocycles. The first kappa shape index (κ1) is 15.8. The summed E-state index contributed by atoms with van der Waals surface area (Å²) < 4.78 is 0.743. The van der Waals surface area contributed by atoms with Crippen LogP contribution in [0.3, 0.4) is 0 Å². The number of rotatable bonds is 5. The average molecular weight is 361 g/mol. The standard InChI is InChI=1S/C14H19BrClN3O/c15-12-4-1-3-11(13(12)16)14(20)18-5-2-8-19-9-6-17-7-10-19/h1,3-4,17H,2,5-10H2,(H,18,20). The number of nitrogens with one attached hydrogen (secondary N) is 2. The van der Waals surface area contributed by atoms with Gasteiger partial charge in [-0.15, -0.1) is 0 Å². The molecule has 4 nitrogen and oxygen atoms in total. The zero-order valence-corrected chi connectivity index (χ0v) is 13.6. The van der Waals surface area contributed by atoms with Gasteiger partial charge < -0.3 is 15.5 Å². The lowest BCUT2D eigenvalue weighted by Gasteiger charge is -2.27. The summed E-state index contributed by atoms with van der Waals surface area (Å²) in [6.45, 7) is 5.98. The molecule has 1 aromatic carbocycles. The Morgan fingerprint density at radius 1 is 1.40 bits per heavy atom. The van der Waals surface area contributed by atoms with Gasteiger partial charge in [-0.25, -0.2) is 0 Å². The van der Waals surface area contributed by atoms with Crippen molar-refractivity contribution in [3.63, 3.8) is 0 Å².